The Balaban J connectivity index is 1.29. The second kappa shape index (κ2) is 6.50. The minimum absolute atomic E-state index is 0.0306. The standard InChI is InChI=1S/C16H18N6O3/c1-10-19-20-13-5-4-11(9-22(10)13)17-14(23)6-7-15-18-16(21-25-15)12-3-2-8-24-12/h2-3,8,11H,4-7,9H2,1H3,(H,17,23). The molecule has 1 unspecified atom stereocenters. The molecule has 3 aromatic heterocycles. The Morgan fingerprint density at radius 1 is 1.44 bits per heavy atom. The van der Waals surface area contributed by atoms with Crippen molar-refractivity contribution in [2.75, 3.05) is 0 Å². The predicted molar refractivity (Wildman–Crippen MR) is 85.3 cm³/mol. The summed E-state index contributed by atoms with van der Waals surface area (Å²) in [4.78, 5) is 16.4. The van der Waals surface area contributed by atoms with Gasteiger partial charge in [0.1, 0.15) is 11.6 Å². The third kappa shape index (κ3) is 3.30. The highest BCUT2D eigenvalue weighted by molar-refractivity contribution is 5.76. The number of hydrogen-bond acceptors (Lipinski definition) is 7. The third-order valence-electron chi connectivity index (χ3n) is 4.27. The first kappa shape index (κ1) is 15.6. The molecule has 130 valence electrons. The van der Waals surface area contributed by atoms with Crippen LogP contribution in [0, 0.1) is 6.92 Å². The molecule has 0 aliphatic carbocycles. The molecule has 1 aliphatic heterocycles. The highest BCUT2D eigenvalue weighted by Crippen LogP contribution is 2.17. The van der Waals surface area contributed by atoms with Gasteiger partial charge in [0.15, 0.2) is 5.76 Å². The first-order valence-electron chi connectivity index (χ1n) is 8.23. The van der Waals surface area contributed by atoms with Gasteiger partial charge in [0.2, 0.25) is 17.6 Å². The van der Waals surface area contributed by atoms with Crippen LogP contribution in [0.15, 0.2) is 27.3 Å². The van der Waals surface area contributed by atoms with E-state index in [1.807, 2.05) is 6.92 Å². The monoisotopic (exact) mass is 342 g/mol. The van der Waals surface area contributed by atoms with Crippen LogP contribution in [-0.4, -0.2) is 36.9 Å². The zero-order valence-electron chi connectivity index (χ0n) is 13.8. The molecule has 0 fully saturated rings. The van der Waals surface area contributed by atoms with Crippen LogP contribution in [0.25, 0.3) is 11.6 Å². The zero-order valence-corrected chi connectivity index (χ0v) is 13.8. The van der Waals surface area contributed by atoms with Crippen molar-refractivity contribution in [3.63, 3.8) is 0 Å². The first-order chi connectivity index (χ1) is 12.2. The molecule has 1 aliphatic rings. The summed E-state index contributed by atoms with van der Waals surface area (Å²) in [5, 5.41) is 15.1. The van der Waals surface area contributed by atoms with Gasteiger partial charge in [0.05, 0.1) is 6.26 Å². The number of nitrogens with zero attached hydrogens (tertiary/aromatic N) is 5. The predicted octanol–water partition coefficient (Wildman–Crippen LogP) is 1.29. The van der Waals surface area contributed by atoms with Crippen molar-refractivity contribution in [3.8, 4) is 11.6 Å². The van der Waals surface area contributed by atoms with Crippen LogP contribution < -0.4 is 5.32 Å². The molecule has 1 amide bonds. The smallest absolute Gasteiger partial charge is 0.238 e. The van der Waals surface area contributed by atoms with Gasteiger partial charge in [-0.15, -0.1) is 10.2 Å². The number of nitrogens with one attached hydrogen (secondary N) is 1. The molecule has 4 heterocycles. The summed E-state index contributed by atoms with van der Waals surface area (Å²) in [6, 6.07) is 3.61. The van der Waals surface area contributed by atoms with Crippen molar-refractivity contribution in [3.05, 3.63) is 35.9 Å². The van der Waals surface area contributed by atoms with Gasteiger partial charge in [-0.25, -0.2) is 0 Å². The van der Waals surface area contributed by atoms with Crippen LogP contribution in [0.2, 0.25) is 0 Å². The molecule has 0 bridgehead atoms. The van der Waals surface area contributed by atoms with Crippen molar-refractivity contribution in [1.29, 1.82) is 0 Å². The quantitative estimate of drug-likeness (QED) is 0.743. The van der Waals surface area contributed by atoms with Crippen LogP contribution >= 0.6 is 0 Å². The molecule has 1 N–H and O–H groups in total. The van der Waals surface area contributed by atoms with E-state index < -0.39 is 0 Å². The van der Waals surface area contributed by atoms with E-state index in [1.54, 1.807) is 18.4 Å². The lowest BCUT2D eigenvalue weighted by Crippen LogP contribution is -2.41. The number of rotatable bonds is 5. The minimum atomic E-state index is -0.0306. The summed E-state index contributed by atoms with van der Waals surface area (Å²) in [6.45, 7) is 2.63. The average Bonchev–Trinajstić information content (AvgIpc) is 3.34. The van der Waals surface area contributed by atoms with Gasteiger partial charge in [0.25, 0.3) is 0 Å². The lowest BCUT2D eigenvalue weighted by Gasteiger charge is -2.24. The van der Waals surface area contributed by atoms with Crippen molar-refractivity contribution in [2.24, 2.45) is 0 Å². The molecular formula is C16H18N6O3. The SMILES string of the molecule is Cc1nnc2n1CC(NC(=O)CCc1nc(-c3ccco3)no1)CC2. The van der Waals surface area contributed by atoms with E-state index in [0.717, 1.165) is 24.5 Å². The highest BCUT2D eigenvalue weighted by atomic mass is 16.5. The zero-order chi connectivity index (χ0) is 17.2. The molecular weight excluding hydrogens is 324 g/mol. The third-order valence-corrected chi connectivity index (χ3v) is 4.27. The van der Waals surface area contributed by atoms with Crippen LogP contribution in [-0.2, 0) is 24.2 Å². The maximum Gasteiger partial charge on any atom is 0.238 e. The summed E-state index contributed by atoms with van der Waals surface area (Å²) >= 11 is 0. The topological polar surface area (TPSA) is 112 Å². The first-order valence-corrected chi connectivity index (χ1v) is 8.23. The lowest BCUT2D eigenvalue weighted by atomic mass is 10.1. The Kier molecular flexibility index (Phi) is 4.04. The van der Waals surface area contributed by atoms with Gasteiger partial charge in [-0.2, -0.15) is 4.98 Å². The van der Waals surface area contributed by atoms with E-state index in [-0.39, 0.29) is 11.9 Å². The van der Waals surface area contributed by atoms with E-state index >= 15 is 0 Å². The average molecular weight is 342 g/mol. The highest BCUT2D eigenvalue weighted by Gasteiger charge is 2.23. The van der Waals surface area contributed by atoms with E-state index in [4.69, 9.17) is 8.94 Å². The van der Waals surface area contributed by atoms with Gasteiger partial charge in [-0.05, 0) is 25.5 Å². The Morgan fingerprint density at radius 2 is 2.36 bits per heavy atom. The molecule has 1 atom stereocenters. The number of fused-ring (bicyclic) bond motifs is 1. The Hall–Kier alpha value is -2.97. The maximum atomic E-state index is 12.2. The number of amides is 1. The van der Waals surface area contributed by atoms with Gasteiger partial charge in [-0.1, -0.05) is 5.16 Å². The molecule has 0 spiro atoms. The molecule has 0 radical (unpaired) electrons. The molecule has 0 saturated carbocycles. The minimum Gasteiger partial charge on any atom is -0.461 e. The molecule has 25 heavy (non-hydrogen) atoms. The second-order valence-electron chi connectivity index (χ2n) is 6.07. The van der Waals surface area contributed by atoms with Crippen molar-refractivity contribution in [2.45, 2.75) is 45.2 Å². The summed E-state index contributed by atoms with van der Waals surface area (Å²) in [5.74, 6) is 3.19. The fourth-order valence-electron chi connectivity index (χ4n) is 2.96. The molecule has 9 nitrogen and oxygen atoms in total. The summed E-state index contributed by atoms with van der Waals surface area (Å²) in [5.41, 5.74) is 0. The summed E-state index contributed by atoms with van der Waals surface area (Å²) in [7, 11) is 0. The van der Waals surface area contributed by atoms with E-state index in [2.05, 4.69) is 30.2 Å². The number of carbonyl (C=O) groups excluding carboxylic acids is 1. The van der Waals surface area contributed by atoms with Crippen LogP contribution in [0.3, 0.4) is 0 Å². The van der Waals surface area contributed by atoms with Crippen LogP contribution in [0.5, 0.6) is 0 Å². The van der Waals surface area contributed by atoms with Crippen LogP contribution in [0.4, 0.5) is 0 Å². The van der Waals surface area contributed by atoms with Gasteiger partial charge < -0.3 is 18.8 Å². The number of furan rings is 1. The normalized spacial score (nSPS) is 16.6. The van der Waals surface area contributed by atoms with Gasteiger partial charge >= 0.3 is 0 Å². The molecule has 3 aromatic rings. The van der Waals surface area contributed by atoms with Gasteiger partial charge in [-0.3, -0.25) is 4.79 Å². The molecule has 0 aromatic carbocycles. The summed E-state index contributed by atoms with van der Waals surface area (Å²) < 4.78 is 12.4. The van der Waals surface area contributed by atoms with Crippen molar-refractivity contribution >= 4 is 5.91 Å². The Morgan fingerprint density at radius 3 is 3.20 bits per heavy atom. The largest absolute Gasteiger partial charge is 0.461 e. The van der Waals surface area contributed by atoms with E-state index in [1.165, 1.54) is 0 Å². The molecule has 4 rings (SSSR count). The number of hydrogen-bond donors (Lipinski definition) is 1. The van der Waals surface area contributed by atoms with Crippen LogP contribution in [0.1, 0.15) is 30.4 Å². The number of aryl methyl sites for hydroxylation is 3. The lowest BCUT2D eigenvalue weighted by molar-refractivity contribution is -0.122. The van der Waals surface area contributed by atoms with E-state index in [0.29, 0.717) is 36.9 Å². The van der Waals surface area contributed by atoms with Gasteiger partial charge in [0, 0.05) is 31.8 Å². The Labute approximate surface area is 143 Å². The number of aromatic nitrogens is 5. The fraction of sp³-hybridized carbons (Fsp3) is 0.438. The summed E-state index contributed by atoms with van der Waals surface area (Å²) in [6.07, 6.45) is 3.93. The fourth-order valence-corrected chi connectivity index (χ4v) is 2.96. The number of carbonyl (C=O) groups is 1. The van der Waals surface area contributed by atoms with E-state index in [9.17, 15) is 4.79 Å². The second-order valence-corrected chi connectivity index (χ2v) is 6.07. The van der Waals surface area contributed by atoms with Crippen molar-refractivity contribution < 1.29 is 13.7 Å². The molecule has 9 heteroatoms. The molecule has 0 saturated heterocycles. The Bertz CT molecular complexity index is 866. The maximum absolute atomic E-state index is 12.2. The van der Waals surface area contributed by atoms with Crippen molar-refractivity contribution in [1.82, 2.24) is 30.2 Å².